The van der Waals surface area contributed by atoms with Gasteiger partial charge in [-0.05, 0) is 43.7 Å². The van der Waals surface area contributed by atoms with Crippen LogP contribution in [0.3, 0.4) is 0 Å². The van der Waals surface area contributed by atoms with Crippen LogP contribution in [0.4, 0.5) is 0 Å². The number of nitrogens with one attached hydrogen (secondary N) is 1. The van der Waals surface area contributed by atoms with E-state index in [1.807, 2.05) is 0 Å². The summed E-state index contributed by atoms with van der Waals surface area (Å²) in [5.74, 6) is 3.23. The van der Waals surface area contributed by atoms with Crippen LogP contribution in [0, 0.1) is 23.7 Å². The van der Waals surface area contributed by atoms with E-state index in [0.29, 0.717) is 6.04 Å². The molecule has 0 saturated carbocycles. The Kier molecular flexibility index (Phi) is 5.94. The van der Waals surface area contributed by atoms with Crippen LogP contribution in [0.1, 0.15) is 41.5 Å². The van der Waals surface area contributed by atoms with Gasteiger partial charge in [0, 0.05) is 19.1 Å². The number of hydrogen-bond donors (Lipinski definition) is 1. The fourth-order valence-electron chi connectivity index (χ4n) is 2.64. The molecule has 102 valence electrons. The molecular formula is C15H32N2. The van der Waals surface area contributed by atoms with Gasteiger partial charge in [-0.3, -0.25) is 4.90 Å². The molecular weight excluding hydrogens is 208 g/mol. The monoisotopic (exact) mass is 240 g/mol. The first-order valence-corrected chi connectivity index (χ1v) is 7.36. The fourth-order valence-corrected chi connectivity index (χ4v) is 2.64. The van der Waals surface area contributed by atoms with Gasteiger partial charge in [-0.1, -0.05) is 34.6 Å². The third kappa shape index (κ3) is 4.59. The van der Waals surface area contributed by atoms with Crippen molar-refractivity contribution in [3.05, 3.63) is 0 Å². The van der Waals surface area contributed by atoms with Gasteiger partial charge < -0.3 is 5.32 Å². The molecule has 0 bridgehead atoms. The third-order valence-corrected chi connectivity index (χ3v) is 4.43. The number of nitrogens with zero attached hydrogens (tertiary/aromatic N) is 1. The summed E-state index contributed by atoms with van der Waals surface area (Å²) in [5, 5.41) is 3.58. The zero-order valence-electron chi connectivity index (χ0n) is 12.7. The smallest absolute Gasteiger partial charge is 0.0105 e. The normalized spacial score (nSPS) is 29.8. The lowest BCUT2D eigenvalue weighted by atomic mass is 10.0. The van der Waals surface area contributed by atoms with E-state index in [1.54, 1.807) is 0 Å². The molecule has 0 radical (unpaired) electrons. The summed E-state index contributed by atoms with van der Waals surface area (Å²) < 4.78 is 0. The number of hydrogen-bond acceptors (Lipinski definition) is 2. The number of rotatable bonds is 6. The second kappa shape index (κ2) is 6.75. The average molecular weight is 240 g/mol. The molecule has 0 aromatic heterocycles. The van der Waals surface area contributed by atoms with Crippen molar-refractivity contribution < 1.29 is 0 Å². The highest BCUT2D eigenvalue weighted by Crippen LogP contribution is 2.26. The quantitative estimate of drug-likeness (QED) is 0.768. The molecule has 4 unspecified atom stereocenters. The molecule has 4 atom stereocenters. The van der Waals surface area contributed by atoms with Gasteiger partial charge in [0.25, 0.3) is 0 Å². The first kappa shape index (κ1) is 15.0. The SMILES string of the molecule is CC(C)CNCC(C)C(C)N1CC(C)C(C)C1. The van der Waals surface area contributed by atoms with Crippen LogP contribution in [-0.4, -0.2) is 37.1 Å². The van der Waals surface area contributed by atoms with Crippen LogP contribution >= 0.6 is 0 Å². The maximum absolute atomic E-state index is 3.58. The average Bonchev–Trinajstić information content (AvgIpc) is 2.57. The first-order valence-electron chi connectivity index (χ1n) is 7.36. The zero-order chi connectivity index (χ0) is 13.0. The third-order valence-electron chi connectivity index (χ3n) is 4.43. The summed E-state index contributed by atoms with van der Waals surface area (Å²) >= 11 is 0. The zero-order valence-corrected chi connectivity index (χ0v) is 12.7. The summed E-state index contributed by atoms with van der Waals surface area (Å²) in [7, 11) is 0. The van der Waals surface area contributed by atoms with Crippen molar-refractivity contribution in [1.82, 2.24) is 10.2 Å². The van der Waals surface area contributed by atoms with Crippen molar-refractivity contribution in [3.8, 4) is 0 Å². The van der Waals surface area contributed by atoms with Crippen LogP contribution in [0.15, 0.2) is 0 Å². The van der Waals surface area contributed by atoms with Gasteiger partial charge in [-0.2, -0.15) is 0 Å². The van der Waals surface area contributed by atoms with E-state index in [0.717, 1.165) is 36.8 Å². The Bertz CT molecular complexity index is 205. The van der Waals surface area contributed by atoms with Crippen molar-refractivity contribution in [2.24, 2.45) is 23.7 Å². The summed E-state index contributed by atoms with van der Waals surface area (Å²) in [6.07, 6.45) is 0. The Hall–Kier alpha value is -0.0800. The van der Waals surface area contributed by atoms with Crippen LogP contribution in [-0.2, 0) is 0 Å². The Morgan fingerprint density at radius 3 is 2.00 bits per heavy atom. The van der Waals surface area contributed by atoms with Crippen LogP contribution < -0.4 is 5.32 Å². The van der Waals surface area contributed by atoms with E-state index in [4.69, 9.17) is 0 Å². The van der Waals surface area contributed by atoms with Crippen molar-refractivity contribution in [3.63, 3.8) is 0 Å². The largest absolute Gasteiger partial charge is 0.316 e. The Morgan fingerprint density at radius 1 is 1.00 bits per heavy atom. The molecule has 1 rings (SSSR count). The summed E-state index contributed by atoms with van der Waals surface area (Å²) in [6, 6.07) is 0.710. The molecule has 1 saturated heterocycles. The minimum atomic E-state index is 0.710. The molecule has 1 aliphatic rings. The van der Waals surface area contributed by atoms with Gasteiger partial charge in [0.2, 0.25) is 0 Å². The summed E-state index contributed by atoms with van der Waals surface area (Å²) in [6.45, 7) is 19.0. The molecule has 17 heavy (non-hydrogen) atoms. The molecule has 1 heterocycles. The van der Waals surface area contributed by atoms with E-state index >= 15 is 0 Å². The second-order valence-corrected chi connectivity index (χ2v) is 6.68. The van der Waals surface area contributed by atoms with Gasteiger partial charge in [0.05, 0.1) is 0 Å². The van der Waals surface area contributed by atoms with Crippen molar-refractivity contribution >= 4 is 0 Å². The molecule has 2 heteroatoms. The molecule has 0 aromatic carbocycles. The van der Waals surface area contributed by atoms with E-state index in [-0.39, 0.29) is 0 Å². The Balaban J connectivity index is 2.29. The van der Waals surface area contributed by atoms with Gasteiger partial charge in [0.1, 0.15) is 0 Å². The van der Waals surface area contributed by atoms with Crippen molar-refractivity contribution in [2.45, 2.75) is 47.6 Å². The molecule has 0 aliphatic carbocycles. The van der Waals surface area contributed by atoms with Crippen molar-refractivity contribution in [1.29, 1.82) is 0 Å². The predicted molar refractivity (Wildman–Crippen MR) is 76.2 cm³/mol. The Morgan fingerprint density at radius 2 is 1.53 bits per heavy atom. The highest BCUT2D eigenvalue weighted by atomic mass is 15.2. The maximum atomic E-state index is 3.58. The number of likely N-dealkylation sites (tertiary alicyclic amines) is 1. The second-order valence-electron chi connectivity index (χ2n) is 6.68. The predicted octanol–water partition coefficient (Wildman–Crippen LogP) is 2.84. The minimum absolute atomic E-state index is 0.710. The molecule has 0 spiro atoms. The van der Waals surface area contributed by atoms with Crippen LogP contribution in [0.2, 0.25) is 0 Å². The van der Waals surface area contributed by atoms with Gasteiger partial charge in [-0.15, -0.1) is 0 Å². The topological polar surface area (TPSA) is 15.3 Å². The lowest BCUT2D eigenvalue weighted by Crippen LogP contribution is -2.40. The molecule has 1 N–H and O–H groups in total. The summed E-state index contributed by atoms with van der Waals surface area (Å²) in [5.41, 5.74) is 0. The maximum Gasteiger partial charge on any atom is 0.0105 e. The Labute approximate surface area is 108 Å². The first-order chi connectivity index (χ1) is 7.91. The fraction of sp³-hybridized carbons (Fsp3) is 1.00. The summed E-state index contributed by atoms with van der Waals surface area (Å²) in [4.78, 5) is 2.68. The lowest BCUT2D eigenvalue weighted by molar-refractivity contribution is 0.187. The molecule has 0 amide bonds. The van der Waals surface area contributed by atoms with E-state index in [2.05, 4.69) is 51.8 Å². The van der Waals surface area contributed by atoms with Gasteiger partial charge >= 0.3 is 0 Å². The highest BCUT2D eigenvalue weighted by Gasteiger charge is 2.30. The van der Waals surface area contributed by atoms with E-state index in [1.165, 1.54) is 13.1 Å². The molecule has 1 aliphatic heterocycles. The van der Waals surface area contributed by atoms with E-state index in [9.17, 15) is 0 Å². The van der Waals surface area contributed by atoms with Crippen LogP contribution in [0.25, 0.3) is 0 Å². The van der Waals surface area contributed by atoms with Gasteiger partial charge in [0.15, 0.2) is 0 Å². The standard InChI is InChI=1S/C15H32N2/c1-11(2)7-16-8-12(3)15(6)17-9-13(4)14(5)10-17/h11-16H,7-10H2,1-6H3. The minimum Gasteiger partial charge on any atom is -0.316 e. The lowest BCUT2D eigenvalue weighted by Gasteiger charge is -2.30. The van der Waals surface area contributed by atoms with E-state index < -0.39 is 0 Å². The van der Waals surface area contributed by atoms with Crippen molar-refractivity contribution in [2.75, 3.05) is 26.2 Å². The van der Waals surface area contributed by atoms with Crippen LogP contribution in [0.5, 0.6) is 0 Å². The van der Waals surface area contributed by atoms with Gasteiger partial charge in [-0.25, -0.2) is 0 Å². The highest BCUT2D eigenvalue weighted by molar-refractivity contribution is 4.84. The molecule has 0 aromatic rings. The molecule has 1 fully saturated rings. The molecule has 2 nitrogen and oxygen atoms in total.